The molecule has 0 saturated heterocycles. The number of hydrogen-bond acceptors (Lipinski definition) is 2. The second-order valence-corrected chi connectivity index (χ2v) is 5.69. The van der Waals surface area contributed by atoms with E-state index in [2.05, 4.69) is 5.32 Å². The van der Waals surface area contributed by atoms with Gasteiger partial charge in [0.25, 0.3) is 5.91 Å². The molecule has 19 heavy (non-hydrogen) atoms. The summed E-state index contributed by atoms with van der Waals surface area (Å²) in [7, 11) is 0. The van der Waals surface area contributed by atoms with Gasteiger partial charge < -0.3 is 5.32 Å². The van der Waals surface area contributed by atoms with Crippen molar-refractivity contribution in [1.29, 1.82) is 0 Å². The molecule has 0 spiro atoms. The molecule has 1 amide bonds. The standard InChI is InChI=1S/C14H13ClFNOS/c1-9(8-10-4-3-7-19-10)17-14(18)13-11(15)5-2-6-12(13)16/h2-7,9H,8H2,1H3,(H,17,18). The van der Waals surface area contributed by atoms with Gasteiger partial charge in [0.1, 0.15) is 5.82 Å². The number of carbonyl (C=O) groups excluding carboxylic acids is 1. The summed E-state index contributed by atoms with van der Waals surface area (Å²) >= 11 is 7.48. The molecule has 1 aromatic carbocycles. The van der Waals surface area contributed by atoms with E-state index in [-0.39, 0.29) is 16.6 Å². The highest BCUT2D eigenvalue weighted by atomic mass is 35.5. The SMILES string of the molecule is CC(Cc1cccs1)NC(=O)c1c(F)cccc1Cl. The molecule has 2 nitrogen and oxygen atoms in total. The van der Waals surface area contributed by atoms with Crippen molar-refractivity contribution < 1.29 is 9.18 Å². The van der Waals surface area contributed by atoms with Crippen LogP contribution in [0.1, 0.15) is 22.2 Å². The van der Waals surface area contributed by atoms with E-state index in [4.69, 9.17) is 11.6 Å². The first-order chi connectivity index (χ1) is 9.08. The second-order valence-electron chi connectivity index (χ2n) is 4.25. The van der Waals surface area contributed by atoms with Gasteiger partial charge in [-0.3, -0.25) is 4.79 Å². The maximum absolute atomic E-state index is 13.6. The monoisotopic (exact) mass is 297 g/mol. The summed E-state index contributed by atoms with van der Waals surface area (Å²) in [6.07, 6.45) is 0.718. The van der Waals surface area contributed by atoms with Gasteiger partial charge in [-0.15, -0.1) is 11.3 Å². The van der Waals surface area contributed by atoms with Gasteiger partial charge in [0, 0.05) is 17.3 Å². The van der Waals surface area contributed by atoms with Crippen molar-refractivity contribution in [3.63, 3.8) is 0 Å². The highest BCUT2D eigenvalue weighted by Crippen LogP contribution is 2.19. The number of thiophene rings is 1. The van der Waals surface area contributed by atoms with Crippen molar-refractivity contribution in [2.75, 3.05) is 0 Å². The Balaban J connectivity index is 2.04. The molecule has 0 saturated carbocycles. The lowest BCUT2D eigenvalue weighted by atomic mass is 10.1. The molecule has 2 rings (SSSR count). The van der Waals surface area contributed by atoms with Gasteiger partial charge in [-0.1, -0.05) is 23.7 Å². The molecule has 5 heteroatoms. The minimum absolute atomic E-state index is 0.0816. The Morgan fingerprint density at radius 1 is 1.42 bits per heavy atom. The first-order valence-corrected chi connectivity index (χ1v) is 7.11. The minimum atomic E-state index is -0.603. The first kappa shape index (κ1) is 14.0. The third kappa shape index (κ3) is 3.55. The molecule has 1 unspecified atom stereocenters. The topological polar surface area (TPSA) is 29.1 Å². The Morgan fingerprint density at radius 2 is 2.21 bits per heavy atom. The van der Waals surface area contributed by atoms with Crippen LogP contribution >= 0.6 is 22.9 Å². The summed E-state index contributed by atoms with van der Waals surface area (Å²) in [4.78, 5) is 13.2. The zero-order chi connectivity index (χ0) is 13.8. The van der Waals surface area contributed by atoms with Crippen LogP contribution in [-0.2, 0) is 6.42 Å². The van der Waals surface area contributed by atoms with Gasteiger partial charge in [-0.2, -0.15) is 0 Å². The van der Waals surface area contributed by atoms with Gasteiger partial charge >= 0.3 is 0 Å². The zero-order valence-electron chi connectivity index (χ0n) is 10.3. The smallest absolute Gasteiger partial charge is 0.255 e. The molecule has 1 heterocycles. The Labute approximate surface area is 120 Å². The van der Waals surface area contributed by atoms with Crippen LogP contribution in [0.4, 0.5) is 4.39 Å². The molecule has 1 atom stereocenters. The number of carbonyl (C=O) groups is 1. The largest absolute Gasteiger partial charge is 0.349 e. The van der Waals surface area contributed by atoms with Gasteiger partial charge in [0.05, 0.1) is 10.6 Å². The van der Waals surface area contributed by atoms with Crippen LogP contribution in [0, 0.1) is 5.82 Å². The van der Waals surface area contributed by atoms with Crippen LogP contribution < -0.4 is 5.32 Å². The van der Waals surface area contributed by atoms with E-state index >= 15 is 0 Å². The van der Waals surface area contributed by atoms with Gasteiger partial charge in [-0.05, 0) is 30.5 Å². The molecule has 0 bridgehead atoms. The number of hydrogen-bond donors (Lipinski definition) is 1. The van der Waals surface area contributed by atoms with Crippen LogP contribution in [0.25, 0.3) is 0 Å². The molecule has 1 aromatic heterocycles. The highest BCUT2D eigenvalue weighted by Gasteiger charge is 2.17. The van der Waals surface area contributed by atoms with E-state index in [1.165, 1.54) is 23.1 Å². The van der Waals surface area contributed by atoms with Crippen LogP contribution in [-0.4, -0.2) is 11.9 Å². The number of halogens is 2. The average molecular weight is 298 g/mol. The first-order valence-electron chi connectivity index (χ1n) is 5.85. The Kier molecular flexibility index (Phi) is 4.56. The predicted octanol–water partition coefficient (Wildman–Crippen LogP) is 3.90. The maximum Gasteiger partial charge on any atom is 0.255 e. The van der Waals surface area contributed by atoms with Crippen LogP contribution in [0.15, 0.2) is 35.7 Å². The molecule has 0 aliphatic rings. The summed E-state index contributed by atoms with van der Waals surface area (Å²) < 4.78 is 13.6. The average Bonchev–Trinajstić information content (AvgIpc) is 2.81. The number of benzene rings is 1. The van der Waals surface area contributed by atoms with E-state index in [1.54, 1.807) is 11.3 Å². The third-order valence-corrected chi connectivity index (χ3v) is 3.87. The summed E-state index contributed by atoms with van der Waals surface area (Å²) in [5, 5.41) is 4.87. The number of nitrogens with one attached hydrogen (secondary N) is 1. The normalized spacial score (nSPS) is 12.2. The fourth-order valence-corrected chi connectivity index (χ4v) is 2.88. The molecular formula is C14H13ClFNOS. The van der Waals surface area contributed by atoms with Crippen molar-refractivity contribution in [2.24, 2.45) is 0 Å². The summed E-state index contributed by atoms with van der Waals surface area (Å²) in [5.74, 6) is -1.08. The molecule has 100 valence electrons. The van der Waals surface area contributed by atoms with Crippen LogP contribution in [0.2, 0.25) is 5.02 Å². The predicted molar refractivity (Wildman–Crippen MR) is 76.4 cm³/mol. The summed E-state index contributed by atoms with van der Waals surface area (Å²) in [5.41, 5.74) is -0.0952. The van der Waals surface area contributed by atoms with Gasteiger partial charge in [-0.25, -0.2) is 4.39 Å². The van der Waals surface area contributed by atoms with Crippen LogP contribution in [0.3, 0.4) is 0 Å². The lowest BCUT2D eigenvalue weighted by Crippen LogP contribution is -2.34. The van der Waals surface area contributed by atoms with E-state index in [0.717, 1.165) is 6.42 Å². The summed E-state index contributed by atoms with van der Waals surface area (Å²) in [6.45, 7) is 1.88. The molecule has 2 aromatic rings. The summed E-state index contributed by atoms with van der Waals surface area (Å²) in [6, 6.07) is 8.09. The molecule has 0 aliphatic carbocycles. The molecule has 1 N–H and O–H groups in total. The minimum Gasteiger partial charge on any atom is -0.349 e. The Hall–Kier alpha value is -1.39. The van der Waals surface area contributed by atoms with Crippen molar-refractivity contribution in [2.45, 2.75) is 19.4 Å². The lowest BCUT2D eigenvalue weighted by Gasteiger charge is -2.14. The van der Waals surface area contributed by atoms with E-state index in [1.807, 2.05) is 24.4 Å². The fourth-order valence-electron chi connectivity index (χ4n) is 1.79. The lowest BCUT2D eigenvalue weighted by molar-refractivity contribution is 0.0936. The Morgan fingerprint density at radius 3 is 2.84 bits per heavy atom. The van der Waals surface area contributed by atoms with Crippen LogP contribution in [0.5, 0.6) is 0 Å². The Bertz CT molecular complexity index is 551. The third-order valence-electron chi connectivity index (χ3n) is 2.65. The molecule has 0 fully saturated rings. The van der Waals surface area contributed by atoms with Crippen molar-refractivity contribution in [3.8, 4) is 0 Å². The number of rotatable bonds is 4. The molecule has 0 aliphatic heterocycles. The molecular weight excluding hydrogens is 285 g/mol. The second kappa shape index (κ2) is 6.17. The quantitative estimate of drug-likeness (QED) is 0.911. The van der Waals surface area contributed by atoms with E-state index < -0.39 is 11.7 Å². The maximum atomic E-state index is 13.6. The zero-order valence-corrected chi connectivity index (χ0v) is 11.9. The number of amides is 1. The molecule has 0 radical (unpaired) electrons. The van der Waals surface area contributed by atoms with E-state index in [0.29, 0.717) is 0 Å². The van der Waals surface area contributed by atoms with E-state index in [9.17, 15) is 9.18 Å². The van der Waals surface area contributed by atoms with Gasteiger partial charge in [0.2, 0.25) is 0 Å². The highest BCUT2D eigenvalue weighted by molar-refractivity contribution is 7.09. The van der Waals surface area contributed by atoms with Crippen molar-refractivity contribution in [3.05, 3.63) is 57.0 Å². The fraction of sp³-hybridized carbons (Fsp3) is 0.214. The van der Waals surface area contributed by atoms with Crippen molar-refractivity contribution >= 4 is 28.8 Å². The van der Waals surface area contributed by atoms with Crippen molar-refractivity contribution in [1.82, 2.24) is 5.32 Å². The van der Waals surface area contributed by atoms with Gasteiger partial charge in [0.15, 0.2) is 0 Å².